The first-order valence-electron chi connectivity index (χ1n) is 7.05. The van der Waals surface area contributed by atoms with Crippen LogP contribution in [0.4, 0.5) is 0 Å². The molecule has 0 heterocycles. The Morgan fingerprint density at radius 1 is 1.28 bits per heavy atom. The summed E-state index contributed by atoms with van der Waals surface area (Å²) in [6, 6.07) is 8.28. The molecule has 1 aromatic carbocycles. The summed E-state index contributed by atoms with van der Waals surface area (Å²) in [5.41, 5.74) is 1.77. The lowest BCUT2D eigenvalue weighted by atomic mass is 9.65. The molecule has 1 aliphatic carbocycles. The minimum absolute atomic E-state index is 0.458. The molecule has 2 rings (SSSR count). The van der Waals surface area contributed by atoms with Gasteiger partial charge in [0.25, 0.3) is 0 Å². The summed E-state index contributed by atoms with van der Waals surface area (Å²) in [6.45, 7) is 6.77. The fourth-order valence-electron chi connectivity index (χ4n) is 2.76. The monoisotopic (exact) mass is 265 g/mol. The van der Waals surface area contributed by atoms with Crippen LogP contribution in [0.1, 0.15) is 38.7 Å². The van der Waals surface area contributed by atoms with Gasteiger partial charge in [-0.25, -0.2) is 0 Å². The molecule has 1 aliphatic rings. The highest BCUT2D eigenvalue weighted by molar-refractivity contribution is 6.31. The molecule has 0 radical (unpaired) electrons. The van der Waals surface area contributed by atoms with Crippen molar-refractivity contribution in [3.63, 3.8) is 0 Å². The van der Waals surface area contributed by atoms with E-state index in [1.807, 2.05) is 12.1 Å². The van der Waals surface area contributed by atoms with Crippen molar-refractivity contribution in [3.05, 3.63) is 34.9 Å². The Morgan fingerprint density at radius 2 is 2.00 bits per heavy atom. The van der Waals surface area contributed by atoms with E-state index in [0.717, 1.165) is 30.5 Å². The normalized spacial score (nSPS) is 17.8. The number of halogens is 1. The fraction of sp³-hybridized carbons (Fsp3) is 0.625. The van der Waals surface area contributed by atoms with Gasteiger partial charge in [-0.15, -0.1) is 0 Å². The van der Waals surface area contributed by atoms with Crippen molar-refractivity contribution in [2.45, 2.75) is 39.5 Å². The van der Waals surface area contributed by atoms with E-state index in [1.54, 1.807) is 0 Å². The van der Waals surface area contributed by atoms with Gasteiger partial charge >= 0.3 is 0 Å². The maximum atomic E-state index is 6.28. The molecular weight excluding hydrogens is 242 g/mol. The molecule has 100 valence electrons. The topological polar surface area (TPSA) is 12.0 Å². The molecule has 1 fully saturated rings. The van der Waals surface area contributed by atoms with Crippen molar-refractivity contribution >= 4 is 11.6 Å². The second kappa shape index (κ2) is 6.08. The summed E-state index contributed by atoms with van der Waals surface area (Å²) in [7, 11) is 0. The van der Waals surface area contributed by atoms with E-state index in [0.29, 0.717) is 5.41 Å². The minimum atomic E-state index is 0.458. The molecule has 0 spiro atoms. The second-order valence-electron chi connectivity index (χ2n) is 6.15. The molecule has 0 saturated heterocycles. The van der Waals surface area contributed by atoms with Crippen LogP contribution in [-0.2, 0) is 6.42 Å². The van der Waals surface area contributed by atoms with Gasteiger partial charge in [-0.1, -0.05) is 50.1 Å². The van der Waals surface area contributed by atoms with E-state index in [-0.39, 0.29) is 0 Å². The van der Waals surface area contributed by atoms with Gasteiger partial charge in [-0.2, -0.15) is 0 Å². The van der Waals surface area contributed by atoms with Crippen molar-refractivity contribution in [3.8, 4) is 0 Å². The SMILES string of the molecule is CC(C)CNCC1(Cc2ccccc2Cl)CCC1. The van der Waals surface area contributed by atoms with Gasteiger partial charge in [0.15, 0.2) is 0 Å². The van der Waals surface area contributed by atoms with Gasteiger partial charge < -0.3 is 5.32 Å². The van der Waals surface area contributed by atoms with Gasteiger partial charge in [-0.3, -0.25) is 0 Å². The van der Waals surface area contributed by atoms with Crippen molar-refractivity contribution in [1.29, 1.82) is 0 Å². The first kappa shape index (κ1) is 13.9. The average molecular weight is 266 g/mol. The standard InChI is InChI=1S/C16H24ClN/c1-13(2)11-18-12-16(8-5-9-16)10-14-6-3-4-7-15(14)17/h3-4,6-7,13,18H,5,8-12H2,1-2H3. The number of hydrogen-bond acceptors (Lipinski definition) is 1. The van der Waals surface area contributed by atoms with E-state index in [9.17, 15) is 0 Å². The number of benzene rings is 1. The molecule has 18 heavy (non-hydrogen) atoms. The maximum Gasteiger partial charge on any atom is 0.0438 e. The molecule has 0 amide bonds. The highest BCUT2D eigenvalue weighted by Crippen LogP contribution is 2.44. The van der Waals surface area contributed by atoms with Crippen molar-refractivity contribution in [2.75, 3.05) is 13.1 Å². The second-order valence-corrected chi connectivity index (χ2v) is 6.55. The molecule has 1 nitrogen and oxygen atoms in total. The average Bonchev–Trinajstić information content (AvgIpc) is 2.28. The molecule has 1 aromatic rings. The molecular formula is C16H24ClN. The number of nitrogens with one attached hydrogen (secondary N) is 1. The smallest absolute Gasteiger partial charge is 0.0438 e. The quantitative estimate of drug-likeness (QED) is 0.809. The molecule has 0 bridgehead atoms. The van der Waals surface area contributed by atoms with Crippen LogP contribution in [0, 0.1) is 11.3 Å². The van der Waals surface area contributed by atoms with Gasteiger partial charge in [-0.05, 0) is 48.8 Å². The van der Waals surface area contributed by atoms with Gasteiger partial charge in [0.2, 0.25) is 0 Å². The van der Waals surface area contributed by atoms with Crippen LogP contribution in [0.2, 0.25) is 5.02 Å². The Kier molecular flexibility index (Phi) is 4.69. The van der Waals surface area contributed by atoms with Crippen LogP contribution in [0.5, 0.6) is 0 Å². The summed E-state index contributed by atoms with van der Waals surface area (Å²) in [5.74, 6) is 0.724. The van der Waals surface area contributed by atoms with E-state index < -0.39 is 0 Å². The van der Waals surface area contributed by atoms with E-state index in [1.165, 1.54) is 24.8 Å². The molecule has 2 heteroatoms. The van der Waals surface area contributed by atoms with Gasteiger partial charge in [0, 0.05) is 11.6 Å². The first-order chi connectivity index (χ1) is 8.61. The fourth-order valence-corrected chi connectivity index (χ4v) is 2.97. The minimum Gasteiger partial charge on any atom is -0.316 e. The number of hydrogen-bond donors (Lipinski definition) is 1. The molecule has 1 N–H and O–H groups in total. The molecule has 0 unspecified atom stereocenters. The van der Waals surface area contributed by atoms with Crippen LogP contribution >= 0.6 is 11.6 Å². The Hall–Kier alpha value is -0.530. The zero-order valence-corrected chi connectivity index (χ0v) is 12.3. The first-order valence-corrected chi connectivity index (χ1v) is 7.43. The van der Waals surface area contributed by atoms with E-state index in [4.69, 9.17) is 11.6 Å². The van der Waals surface area contributed by atoms with Crippen LogP contribution in [0.25, 0.3) is 0 Å². The predicted molar refractivity (Wildman–Crippen MR) is 79.1 cm³/mol. The van der Waals surface area contributed by atoms with Crippen molar-refractivity contribution in [1.82, 2.24) is 5.32 Å². The largest absolute Gasteiger partial charge is 0.316 e. The summed E-state index contributed by atoms with van der Waals surface area (Å²) in [6.07, 6.45) is 5.16. The third kappa shape index (κ3) is 3.49. The Labute approximate surface area is 116 Å². The Bertz CT molecular complexity index is 382. The predicted octanol–water partition coefficient (Wildman–Crippen LogP) is 4.30. The lowest BCUT2D eigenvalue weighted by Crippen LogP contribution is -2.42. The lowest BCUT2D eigenvalue weighted by molar-refractivity contribution is 0.129. The third-order valence-corrected chi connectivity index (χ3v) is 4.36. The van der Waals surface area contributed by atoms with Crippen LogP contribution in [-0.4, -0.2) is 13.1 Å². The van der Waals surface area contributed by atoms with Gasteiger partial charge in [0.1, 0.15) is 0 Å². The summed E-state index contributed by atoms with van der Waals surface area (Å²) in [4.78, 5) is 0. The van der Waals surface area contributed by atoms with E-state index >= 15 is 0 Å². The van der Waals surface area contributed by atoms with Crippen LogP contribution < -0.4 is 5.32 Å². The summed E-state index contributed by atoms with van der Waals surface area (Å²) in [5, 5.41) is 4.55. The molecule has 0 atom stereocenters. The highest BCUT2D eigenvalue weighted by Gasteiger charge is 2.36. The highest BCUT2D eigenvalue weighted by atomic mass is 35.5. The summed E-state index contributed by atoms with van der Waals surface area (Å²) >= 11 is 6.28. The summed E-state index contributed by atoms with van der Waals surface area (Å²) < 4.78 is 0. The third-order valence-electron chi connectivity index (χ3n) is 3.99. The maximum absolute atomic E-state index is 6.28. The zero-order valence-electron chi connectivity index (χ0n) is 11.5. The van der Waals surface area contributed by atoms with E-state index in [2.05, 4.69) is 31.3 Å². The molecule has 1 saturated carbocycles. The lowest BCUT2D eigenvalue weighted by Gasteiger charge is -2.43. The Balaban J connectivity index is 1.94. The molecule has 0 aromatic heterocycles. The van der Waals surface area contributed by atoms with Gasteiger partial charge in [0.05, 0.1) is 0 Å². The van der Waals surface area contributed by atoms with Crippen LogP contribution in [0.3, 0.4) is 0 Å². The van der Waals surface area contributed by atoms with Crippen LogP contribution in [0.15, 0.2) is 24.3 Å². The van der Waals surface area contributed by atoms with Crippen molar-refractivity contribution < 1.29 is 0 Å². The number of rotatable bonds is 6. The molecule has 0 aliphatic heterocycles. The Morgan fingerprint density at radius 3 is 2.56 bits per heavy atom. The zero-order chi connectivity index (χ0) is 13.0. The van der Waals surface area contributed by atoms with Crippen molar-refractivity contribution in [2.24, 2.45) is 11.3 Å².